The lowest BCUT2D eigenvalue weighted by Crippen LogP contribution is -2.32. The molecule has 0 fully saturated rings. The highest BCUT2D eigenvalue weighted by Crippen LogP contribution is 2.40. The van der Waals surface area contributed by atoms with Gasteiger partial charge in [0.1, 0.15) is 11.9 Å². The topological polar surface area (TPSA) is 45.5 Å². The van der Waals surface area contributed by atoms with Gasteiger partial charge in [0.15, 0.2) is 0 Å². The van der Waals surface area contributed by atoms with Gasteiger partial charge in [-0.25, -0.2) is 0 Å². The number of hydrogen-bond donors (Lipinski definition) is 1. The summed E-state index contributed by atoms with van der Waals surface area (Å²) in [5, 5.41) is 2.91. The standard InChI is InChI=1S/C20H15F3N2O2/c21-20(22,23)16-9-3-4-10-17(16)24-18-14-7-1-2-8-15(14)19(26)25(18)12-13-6-5-11-27-13/h1-11,18,24H,12H2/t18-/m0/s1. The number of nitrogens with one attached hydrogen (secondary N) is 1. The average Bonchev–Trinajstić information content (AvgIpc) is 3.24. The molecule has 1 atom stereocenters. The normalized spacial score (nSPS) is 16.5. The lowest BCUT2D eigenvalue weighted by Gasteiger charge is -2.27. The minimum atomic E-state index is -4.50. The van der Waals surface area contributed by atoms with Gasteiger partial charge in [0.2, 0.25) is 0 Å². The fourth-order valence-corrected chi connectivity index (χ4v) is 3.26. The van der Waals surface area contributed by atoms with Crippen LogP contribution >= 0.6 is 0 Å². The van der Waals surface area contributed by atoms with Crippen LogP contribution in [0.5, 0.6) is 0 Å². The lowest BCUT2D eigenvalue weighted by atomic mass is 10.1. The maximum absolute atomic E-state index is 13.4. The van der Waals surface area contributed by atoms with Crippen molar-refractivity contribution in [3.05, 3.63) is 89.4 Å². The van der Waals surface area contributed by atoms with Crippen molar-refractivity contribution in [1.82, 2.24) is 4.90 Å². The van der Waals surface area contributed by atoms with E-state index in [2.05, 4.69) is 5.32 Å². The van der Waals surface area contributed by atoms with Crippen molar-refractivity contribution < 1.29 is 22.4 Å². The number of carbonyl (C=O) groups is 1. The summed E-state index contributed by atoms with van der Waals surface area (Å²) in [7, 11) is 0. The second kappa shape index (κ2) is 6.50. The van der Waals surface area contributed by atoms with Crippen molar-refractivity contribution >= 4 is 11.6 Å². The van der Waals surface area contributed by atoms with Crippen LogP contribution in [0.15, 0.2) is 71.3 Å². The fourth-order valence-electron chi connectivity index (χ4n) is 3.26. The molecule has 1 amide bonds. The van der Waals surface area contributed by atoms with Crippen molar-refractivity contribution in [3.63, 3.8) is 0 Å². The number of benzene rings is 2. The molecular formula is C20H15F3N2O2. The lowest BCUT2D eigenvalue weighted by molar-refractivity contribution is -0.137. The number of anilines is 1. The van der Waals surface area contributed by atoms with Gasteiger partial charge in [-0.3, -0.25) is 4.79 Å². The van der Waals surface area contributed by atoms with Crippen LogP contribution in [0.2, 0.25) is 0 Å². The first-order valence-electron chi connectivity index (χ1n) is 8.30. The summed E-state index contributed by atoms with van der Waals surface area (Å²) in [6.07, 6.45) is -3.75. The molecule has 2 aromatic carbocycles. The number of alkyl halides is 3. The van der Waals surface area contributed by atoms with E-state index in [9.17, 15) is 18.0 Å². The summed E-state index contributed by atoms with van der Waals surface area (Å²) in [6.45, 7) is 0.145. The number of rotatable bonds is 4. The van der Waals surface area contributed by atoms with E-state index in [-0.39, 0.29) is 18.1 Å². The van der Waals surface area contributed by atoms with Crippen LogP contribution in [-0.4, -0.2) is 10.8 Å². The molecule has 0 bridgehead atoms. The maximum atomic E-state index is 13.4. The zero-order valence-electron chi connectivity index (χ0n) is 14.0. The van der Waals surface area contributed by atoms with Gasteiger partial charge < -0.3 is 14.6 Å². The van der Waals surface area contributed by atoms with Crippen molar-refractivity contribution in [2.75, 3.05) is 5.32 Å². The van der Waals surface area contributed by atoms with E-state index in [4.69, 9.17) is 4.42 Å². The molecule has 27 heavy (non-hydrogen) atoms. The van der Waals surface area contributed by atoms with Gasteiger partial charge in [0, 0.05) is 16.8 Å². The first kappa shape index (κ1) is 17.2. The Bertz CT molecular complexity index is 967. The molecule has 1 N–H and O–H groups in total. The smallest absolute Gasteiger partial charge is 0.418 e. The van der Waals surface area contributed by atoms with Crippen LogP contribution in [0, 0.1) is 0 Å². The number of hydrogen-bond acceptors (Lipinski definition) is 3. The van der Waals surface area contributed by atoms with Gasteiger partial charge >= 0.3 is 6.18 Å². The molecule has 1 aromatic heterocycles. The number of nitrogens with zero attached hydrogens (tertiary/aromatic N) is 1. The number of fused-ring (bicyclic) bond motifs is 1. The largest absolute Gasteiger partial charge is 0.467 e. The maximum Gasteiger partial charge on any atom is 0.418 e. The average molecular weight is 372 g/mol. The van der Waals surface area contributed by atoms with E-state index in [1.54, 1.807) is 36.4 Å². The number of amides is 1. The third kappa shape index (κ3) is 3.16. The predicted octanol–water partition coefficient (Wildman–Crippen LogP) is 5.07. The van der Waals surface area contributed by atoms with Crippen molar-refractivity contribution in [2.24, 2.45) is 0 Å². The number of furan rings is 1. The van der Waals surface area contributed by atoms with Crippen molar-refractivity contribution in [2.45, 2.75) is 18.9 Å². The van der Waals surface area contributed by atoms with Gasteiger partial charge in [0.25, 0.3) is 5.91 Å². The molecular weight excluding hydrogens is 357 g/mol. The Hall–Kier alpha value is -3.22. The van der Waals surface area contributed by atoms with Gasteiger partial charge in [-0.15, -0.1) is 0 Å². The van der Waals surface area contributed by atoms with Crippen LogP contribution in [0.3, 0.4) is 0 Å². The van der Waals surface area contributed by atoms with Crippen LogP contribution in [0.25, 0.3) is 0 Å². The Morgan fingerprint density at radius 2 is 1.74 bits per heavy atom. The van der Waals surface area contributed by atoms with Crippen molar-refractivity contribution in [1.29, 1.82) is 0 Å². The van der Waals surface area contributed by atoms with Crippen LogP contribution in [0.4, 0.5) is 18.9 Å². The SMILES string of the molecule is O=C1c2ccccc2[C@@H](Nc2ccccc2C(F)(F)F)N1Cc1ccco1. The molecule has 7 heteroatoms. The monoisotopic (exact) mass is 372 g/mol. The third-order valence-electron chi connectivity index (χ3n) is 4.49. The Morgan fingerprint density at radius 3 is 2.48 bits per heavy atom. The predicted molar refractivity (Wildman–Crippen MR) is 92.8 cm³/mol. The van der Waals surface area contributed by atoms with Gasteiger partial charge in [-0.2, -0.15) is 13.2 Å². The molecule has 0 aliphatic carbocycles. The molecule has 1 aliphatic heterocycles. The Labute approximate surface area is 153 Å². The van der Waals surface area contributed by atoms with Gasteiger partial charge in [-0.05, 0) is 30.3 Å². The molecule has 4 nitrogen and oxygen atoms in total. The van der Waals surface area contributed by atoms with Gasteiger partial charge in [0.05, 0.1) is 18.4 Å². The summed E-state index contributed by atoms with van der Waals surface area (Å²) in [5.41, 5.74) is 0.237. The summed E-state index contributed by atoms with van der Waals surface area (Å²) in [6, 6.07) is 15.6. The zero-order valence-corrected chi connectivity index (χ0v) is 14.0. The molecule has 0 saturated heterocycles. The third-order valence-corrected chi connectivity index (χ3v) is 4.49. The molecule has 0 unspecified atom stereocenters. The molecule has 2 heterocycles. The molecule has 1 aliphatic rings. The summed E-state index contributed by atoms with van der Waals surface area (Å²) in [4.78, 5) is 14.3. The quantitative estimate of drug-likeness (QED) is 0.696. The van der Waals surface area contributed by atoms with Gasteiger partial charge in [-0.1, -0.05) is 30.3 Å². The van der Waals surface area contributed by atoms with Crippen LogP contribution in [0.1, 0.15) is 33.4 Å². The highest BCUT2D eigenvalue weighted by molar-refractivity contribution is 5.99. The Morgan fingerprint density at radius 1 is 1.00 bits per heavy atom. The molecule has 0 radical (unpaired) electrons. The highest BCUT2D eigenvalue weighted by Gasteiger charge is 2.39. The van der Waals surface area contributed by atoms with Crippen molar-refractivity contribution in [3.8, 4) is 0 Å². The Kier molecular flexibility index (Phi) is 4.14. The van der Waals surface area contributed by atoms with E-state index >= 15 is 0 Å². The van der Waals surface area contributed by atoms with Crippen LogP contribution < -0.4 is 5.32 Å². The number of carbonyl (C=O) groups excluding carboxylic acids is 1. The zero-order chi connectivity index (χ0) is 19.0. The first-order valence-corrected chi connectivity index (χ1v) is 8.30. The molecule has 4 rings (SSSR count). The number of halogens is 3. The fraction of sp³-hybridized carbons (Fsp3) is 0.150. The second-order valence-electron chi connectivity index (χ2n) is 6.19. The summed E-state index contributed by atoms with van der Waals surface area (Å²) in [5.74, 6) is 0.288. The molecule has 3 aromatic rings. The minimum absolute atomic E-state index is 0.0797. The van der Waals surface area contributed by atoms with Crippen LogP contribution in [-0.2, 0) is 12.7 Å². The highest BCUT2D eigenvalue weighted by atomic mass is 19.4. The molecule has 0 saturated carbocycles. The van der Waals surface area contributed by atoms with E-state index in [1.807, 2.05) is 0 Å². The minimum Gasteiger partial charge on any atom is -0.467 e. The summed E-state index contributed by atoms with van der Waals surface area (Å²) >= 11 is 0. The molecule has 138 valence electrons. The summed E-state index contributed by atoms with van der Waals surface area (Å²) < 4.78 is 45.4. The van der Waals surface area contributed by atoms with E-state index in [0.29, 0.717) is 16.9 Å². The number of para-hydroxylation sites is 1. The van der Waals surface area contributed by atoms with E-state index in [0.717, 1.165) is 6.07 Å². The molecule has 0 spiro atoms. The van der Waals surface area contributed by atoms with E-state index in [1.165, 1.54) is 29.4 Å². The van der Waals surface area contributed by atoms with E-state index < -0.39 is 17.9 Å². The second-order valence-corrected chi connectivity index (χ2v) is 6.19. The first-order chi connectivity index (χ1) is 12.9. The Balaban J connectivity index is 1.73.